The van der Waals surface area contributed by atoms with Crippen LogP contribution in [0, 0.1) is 6.92 Å². The molecule has 0 bridgehead atoms. The number of aromatic nitrogens is 2. The van der Waals surface area contributed by atoms with Crippen LogP contribution in [0.25, 0.3) is 5.65 Å². The molecular formula is C18H14N2O5. The highest BCUT2D eigenvalue weighted by atomic mass is 16.7. The summed E-state index contributed by atoms with van der Waals surface area (Å²) in [5, 5.41) is 0. The van der Waals surface area contributed by atoms with Gasteiger partial charge in [-0.05, 0) is 37.3 Å². The number of rotatable bonds is 3. The van der Waals surface area contributed by atoms with E-state index in [-0.39, 0.29) is 19.0 Å². The van der Waals surface area contributed by atoms with Gasteiger partial charge in [0.2, 0.25) is 6.79 Å². The SMILES string of the molecule is Cc1cccc2nc(COC(=O)c3ccc4c(c3)OCO4)cc(=O)n12. The maximum atomic E-state index is 12.2. The van der Waals surface area contributed by atoms with Crippen LogP contribution in [0.4, 0.5) is 0 Å². The fourth-order valence-corrected chi connectivity index (χ4v) is 2.68. The standard InChI is InChI=1S/C18H14N2O5/c1-11-3-2-4-16-19-13(8-17(21)20(11)16)9-23-18(22)12-5-6-14-15(7-12)25-10-24-14/h2-8H,9-10H2,1H3. The first kappa shape index (κ1) is 15.2. The van der Waals surface area contributed by atoms with Gasteiger partial charge in [-0.25, -0.2) is 9.78 Å². The van der Waals surface area contributed by atoms with E-state index in [1.54, 1.807) is 24.3 Å². The number of pyridine rings is 1. The van der Waals surface area contributed by atoms with Crippen molar-refractivity contribution in [2.24, 2.45) is 0 Å². The lowest BCUT2D eigenvalue weighted by Gasteiger charge is -2.08. The Morgan fingerprint density at radius 3 is 2.92 bits per heavy atom. The van der Waals surface area contributed by atoms with Crippen molar-refractivity contribution in [2.75, 3.05) is 6.79 Å². The second kappa shape index (κ2) is 5.94. The molecule has 1 aliphatic rings. The summed E-state index contributed by atoms with van der Waals surface area (Å²) < 4.78 is 17.2. The van der Waals surface area contributed by atoms with Crippen LogP contribution in [0.15, 0.2) is 47.3 Å². The molecule has 0 fully saturated rings. The Morgan fingerprint density at radius 1 is 1.20 bits per heavy atom. The molecular weight excluding hydrogens is 324 g/mol. The number of esters is 1. The summed E-state index contributed by atoms with van der Waals surface area (Å²) in [7, 11) is 0. The second-order valence-electron chi connectivity index (χ2n) is 5.59. The molecule has 3 heterocycles. The summed E-state index contributed by atoms with van der Waals surface area (Å²) >= 11 is 0. The third kappa shape index (κ3) is 2.80. The normalized spacial score (nSPS) is 12.4. The van der Waals surface area contributed by atoms with Gasteiger partial charge in [-0.1, -0.05) is 6.07 Å². The van der Waals surface area contributed by atoms with Gasteiger partial charge in [0.15, 0.2) is 11.5 Å². The summed E-state index contributed by atoms with van der Waals surface area (Å²) in [5.41, 5.74) is 1.83. The zero-order valence-corrected chi connectivity index (χ0v) is 13.4. The van der Waals surface area contributed by atoms with Gasteiger partial charge < -0.3 is 14.2 Å². The zero-order valence-electron chi connectivity index (χ0n) is 13.4. The van der Waals surface area contributed by atoms with E-state index in [0.717, 1.165) is 5.69 Å². The van der Waals surface area contributed by atoms with Gasteiger partial charge in [0, 0.05) is 11.8 Å². The smallest absolute Gasteiger partial charge is 0.338 e. The molecule has 0 amide bonds. The Balaban J connectivity index is 1.54. The molecule has 0 atom stereocenters. The van der Waals surface area contributed by atoms with Crippen molar-refractivity contribution in [1.82, 2.24) is 9.38 Å². The molecule has 0 unspecified atom stereocenters. The van der Waals surface area contributed by atoms with E-state index in [1.165, 1.54) is 10.5 Å². The van der Waals surface area contributed by atoms with Crippen LogP contribution < -0.4 is 15.0 Å². The fraction of sp³-hybridized carbons (Fsp3) is 0.167. The molecule has 1 aromatic carbocycles. The van der Waals surface area contributed by atoms with E-state index in [0.29, 0.717) is 28.4 Å². The van der Waals surface area contributed by atoms with Gasteiger partial charge >= 0.3 is 5.97 Å². The second-order valence-corrected chi connectivity index (χ2v) is 5.59. The summed E-state index contributed by atoms with van der Waals surface area (Å²) in [6, 6.07) is 11.6. The van der Waals surface area contributed by atoms with Crippen LogP contribution in [0.5, 0.6) is 11.5 Å². The molecule has 7 nitrogen and oxygen atoms in total. The van der Waals surface area contributed by atoms with E-state index in [9.17, 15) is 9.59 Å². The molecule has 4 rings (SSSR count). The van der Waals surface area contributed by atoms with Crippen LogP contribution in [0.3, 0.4) is 0 Å². The highest BCUT2D eigenvalue weighted by Crippen LogP contribution is 2.32. The number of hydrogen-bond acceptors (Lipinski definition) is 6. The van der Waals surface area contributed by atoms with Gasteiger partial charge in [-0.3, -0.25) is 9.20 Å². The van der Waals surface area contributed by atoms with Gasteiger partial charge in [-0.15, -0.1) is 0 Å². The van der Waals surface area contributed by atoms with Crippen LogP contribution >= 0.6 is 0 Å². The number of carbonyl (C=O) groups is 1. The van der Waals surface area contributed by atoms with Crippen molar-refractivity contribution < 1.29 is 19.0 Å². The number of nitrogens with zero attached hydrogens (tertiary/aromatic N) is 2. The van der Waals surface area contributed by atoms with Crippen LogP contribution in [-0.4, -0.2) is 22.1 Å². The Hall–Kier alpha value is -3.35. The topological polar surface area (TPSA) is 79.1 Å². The first-order chi connectivity index (χ1) is 12.1. The monoisotopic (exact) mass is 338 g/mol. The largest absolute Gasteiger partial charge is 0.456 e. The average Bonchev–Trinajstić information content (AvgIpc) is 3.07. The predicted molar refractivity (Wildman–Crippen MR) is 87.9 cm³/mol. The first-order valence-corrected chi connectivity index (χ1v) is 7.67. The van der Waals surface area contributed by atoms with Crippen LogP contribution in [0.2, 0.25) is 0 Å². The van der Waals surface area contributed by atoms with Gasteiger partial charge in [0.05, 0.1) is 11.3 Å². The molecule has 0 aliphatic carbocycles. The number of ether oxygens (including phenoxy) is 3. The van der Waals surface area contributed by atoms with E-state index >= 15 is 0 Å². The lowest BCUT2D eigenvalue weighted by atomic mass is 10.2. The number of fused-ring (bicyclic) bond motifs is 2. The van der Waals surface area contributed by atoms with Gasteiger partial charge in [0.25, 0.3) is 5.56 Å². The van der Waals surface area contributed by atoms with Crippen molar-refractivity contribution in [1.29, 1.82) is 0 Å². The van der Waals surface area contributed by atoms with Crippen LogP contribution in [0.1, 0.15) is 21.7 Å². The molecule has 25 heavy (non-hydrogen) atoms. The van der Waals surface area contributed by atoms with Crippen molar-refractivity contribution in [3.63, 3.8) is 0 Å². The minimum Gasteiger partial charge on any atom is -0.456 e. The van der Waals surface area contributed by atoms with Crippen molar-refractivity contribution in [2.45, 2.75) is 13.5 Å². The Morgan fingerprint density at radius 2 is 2.04 bits per heavy atom. The van der Waals surface area contributed by atoms with E-state index in [4.69, 9.17) is 14.2 Å². The Labute approximate surface area is 142 Å². The number of hydrogen-bond donors (Lipinski definition) is 0. The van der Waals surface area contributed by atoms with E-state index in [2.05, 4.69) is 4.98 Å². The molecule has 1 aliphatic heterocycles. The third-order valence-corrected chi connectivity index (χ3v) is 3.89. The zero-order chi connectivity index (χ0) is 17.4. The molecule has 7 heteroatoms. The molecule has 0 spiro atoms. The van der Waals surface area contributed by atoms with Crippen LogP contribution in [-0.2, 0) is 11.3 Å². The summed E-state index contributed by atoms with van der Waals surface area (Å²) in [6.07, 6.45) is 0. The molecule has 2 aromatic heterocycles. The molecule has 0 saturated carbocycles. The summed E-state index contributed by atoms with van der Waals surface area (Å²) in [6.45, 7) is 1.88. The van der Waals surface area contributed by atoms with E-state index < -0.39 is 5.97 Å². The highest BCUT2D eigenvalue weighted by molar-refractivity contribution is 5.90. The maximum Gasteiger partial charge on any atom is 0.338 e. The van der Waals surface area contributed by atoms with E-state index in [1.807, 2.05) is 19.1 Å². The molecule has 0 radical (unpaired) electrons. The average molecular weight is 338 g/mol. The van der Waals surface area contributed by atoms with Crippen molar-refractivity contribution >= 4 is 11.6 Å². The highest BCUT2D eigenvalue weighted by Gasteiger charge is 2.17. The van der Waals surface area contributed by atoms with Crippen molar-refractivity contribution in [3.8, 4) is 11.5 Å². The summed E-state index contributed by atoms with van der Waals surface area (Å²) in [4.78, 5) is 28.8. The number of carbonyl (C=O) groups excluding carboxylic acids is 1. The van der Waals surface area contributed by atoms with Gasteiger partial charge in [-0.2, -0.15) is 0 Å². The quantitative estimate of drug-likeness (QED) is 0.681. The number of aryl methyl sites for hydroxylation is 1. The fourth-order valence-electron chi connectivity index (χ4n) is 2.68. The number of benzene rings is 1. The molecule has 0 N–H and O–H groups in total. The van der Waals surface area contributed by atoms with Gasteiger partial charge in [0.1, 0.15) is 12.3 Å². The minimum atomic E-state index is -0.524. The predicted octanol–water partition coefficient (Wildman–Crippen LogP) is 2.09. The van der Waals surface area contributed by atoms with Crippen molar-refractivity contribution in [3.05, 3.63) is 69.8 Å². The Bertz CT molecular complexity index is 1040. The molecule has 126 valence electrons. The third-order valence-electron chi connectivity index (χ3n) is 3.89. The first-order valence-electron chi connectivity index (χ1n) is 7.67. The summed E-state index contributed by atoms with van der Waals surface area (Å²) in [5.74, 6) is 0.577. The maximum absolute atomic E-state index is 12.2. The molecule has 0 saturated heterocycles. The molecule has 3 aromatic rings. The lowest BCUT2D eigenvalue weighted by Crippen LogP contribution is -2.18. The lowest BCUT2D eigenvalue weighted by molar-refractivity contribution is 0.0467. The Kier molecular flexibility index (Phi) is 3.61. The minimum absolute atomic E-state index is 0.0903.